The maximum absolute atomic E-state index is 9.66. The van der Waals surface area contributed by atoms with Crippen molar-refractivity contribution in [2.75, 3.05) is 70.7 Å². The van der Waals surface area contributed by atoms with E-state index >= 15 is 0 Å². The van der Waals surface area contributed by atoms with Gasteiger partial charge in [0.15, 0.2) is 16.8 Å². The minimum Gasteiger partial charge on any atom is -0.419 e. The summed E-state index contributed by atoms with van der Waals surface area (Å²) in [7, 11) is -4.00. The molecular formula is C27H43KN5O9P2-. The second-order valence-electron chi connectivity index (χ2n) is 9.67. The molecule has 17 heteroatoms. The second-order valence-corrected chi connectivity index (χ2v) is 12.5. The van der Waals surface area contributed by atoms with Crippen LogP contribution in [-0.4, -0.2) is 112 Å². The zero-order valence-electron chi connectivity index (χ0n) is 25.4. The molecule has 2 fully saturated rings. The summed E-state index contributed by atoms with van der Waals surface area (Å²) < 4.78 is 33.5. The van der Waals surface area contributed by atoms with Crippen LogP contribution in [0.1, 0.15) is 44.8 Å². The Bertz CT molecular complexity index is 1080. The van der Waals surface area contributed by atoms with E-state index in [9.17, 15) is 4.89 Å². The van der Waals surface area contributed by atoms with Gasteiger partial charge in [-0.3, -0.25) is 4.68 Å². The molecule has 0 amide bonds. The van der Waals surface area contributed by atoms with E-state index in [1.165, 1.54) is 12.8 Å². The van der Waals surface area contributed by atoms with Gasteiger partial charge in [-0.15, -0.1) is 6.42 Å². The Balaban J connectivity index is 0.000000363. The van der Waals surface area contributed by atoms with Crippen molar-refractivity contribution in [3.05, 3.63) is 19.4 Å². The van der Waals surface area contributed by atoms with Gasteiger partial charge in [-0.05, 0) is 31.1 Å². The first kappa shape index (κ1) is 40.2. The van der Waals surface area contributed by atoms with E-state index in [1.807, 2.05) is 0 Å². The fraction of sp³-hybridized carbons (Fsp3) is 0.704. The quantitative estimate of drug-likeness (QED) is 0.0504. The summed E-state index contributed by atoms with van der Waals surface area (Å²) in [5.74, 6) is 3.01. The average Bonchev–Trinajstić information content (AvgIpc) is 3.77. The van der Waals surface area contributed by atoms with Crippen LogP contribution in [0.4, 0.5) is 5.82 Å². The van der Waals surface area contributed by atoms with E-state index in [0.29, 0.717) is 64.5 Å². The topological polar surface area (TPSA) is 172 Å². The Morgan fingerprint density at radius 2 is 1.70 bits per heavy atom. The first-order chi connectivity index (χ1) is 21.0. The van der Waals surface area contributed by atoms with Crippen molar-refractivity contribution in [3.8, 4) is 12.3 Å². The largest absolute Gasteiger partial charge is 1.00 e. The zero-order valence-corrected chi connectivity index (χ0v) is 30.3. The molecule has 2 aromatic heterocycles. The summed E-state index contributed by atoms with van der Waals surface area (Å²) in [5, 5.41) is 8.80. The predicted molar refractivity (Wildman–Crippen MR) is 162 cm³/mol. The Morgan fingerprint density at radius 1 is 1.02 bits per heavy atom. The van der Waals surface area contributed by atoms with E-state index < -0.39 is 16.8 Å². The monoisotopic (exact) mass is 682 g/mol. The van der Waals surface area contributed by atoms with Crippen LogP contribution in [-0.2, 0) is 28.2 Å². The van der Waals surface area contributed by atoms with Crippen LogP contribution < -0.4 is 56.7 Å². The maximum Gasteiger partial charge on any atom is 1.00 e. The van der Waals surface area contributed by atoms with Gasteiger partial charge in [0.2, 0.25) is 0 Å². The summed E-state index contributed by atoms with van der Waals surface area (Å²) in [6.45, 7) is 7.90. The van der Waals surface area contributed by atoms with Crippen molar-refractivity contribution >= 4 is 33.6 Å². The molecule has 3 heterocycles. The van der Waals surface area contributed by atoms with E-state index in [4.69, 9.17) is 44.4 Å². The fourth-order valence-electron chi connectivity index (χ4n) is 4.50. The molecule has 0 aromatic carbocycles. The molecule has 2 aliphatic rings. The van der Waals surface area contributed by atoms with Crippen LogP contribution in [0.5, 0.6) is 0 Å². The van der Waals surface area contributed by atoms with Gasteiger partial charge >= 0.3 is 51.4 Å². The molecule has 2 aromatic rings. The molecule has 14 nitrogen and oxygen atoms in total. The predicted octanol–water partition coefficient (Wildman–Crippen LogP) is -0.243. The van der Waals surface area contributed by atoms with Crippen molar-refractivity contribution in [2.45, 2.75) is 56.9 Å². The summed E-state index contributed by atoms with van der Waals surface area (Å²) in [6.07, 6.45) is 15.3. The number of anilines is 1. The van der Waals surface area contributed by atoms with Gasteiger partial charge in [0.25, 0.3) is 0 Å². The van der Waals surface area contributed by atoms with Crippen LogP contribution >= 0.6 is 16.8 Å². The van der Waals surface area contributed by atoms with Crippen LogP contribution in [0.15, 0.2) is 6.20 Å². The van der Waals surface area contributed by atoms with Gasteiger partial charge < -0.3 is 65.1 Å². The summed E-state index contributed by atoms with van der Waals surface area (Å²) in [4.78, 5) is 36.1. The number of ether oxygens (including phenoxy) is 5. The van der Waals surface area contributed by atoms with Gasteiger partial charge in [0.05, 0.1) is 63.9 Å². The SMILES string of the molecule is C#CCOCCOCCOCCOC[CH2-].OP(O)CP(O)OCC1CCC(n2ncc3c(NC4CCCC4)n[c-]nc32)O1.[K+]. The minimum atomic E-state index is -2.16. The second kappa shape index (κ2) is 24.2. The molecular weight excluding hydrogens is 639 g/mol. The normalized spacial score (nSPS) is 19.0. The van der Waals surface area contributed by atoms with Gasteiger partial charge in [-0.2, -0.15) is 5.10 Å². The van der Waals surface area contributed by atoms with Crippen LogP contribution in [0.25, 0.3) is 11.0 Å². The van der Waals surface area contributed by atoms with E-state index in [2.05, 4.69) is 39.6 Å². The first-order valence-electron chi connectivity index (χ1n) is 14.3. The minimum absolute atomic E-state index is 0. The Kier molecular flexibility index (Phi) is 22.1. The zero-order chi connectivity index (χ0) is 30.7. The Hall–Kier alpha value is 0.0464. The number of aromatic nitrogens is 4. The molecule has 1 saturated carbocycles. The third-order valence-corrected chi connectivity index (χ3v) is 8.93. The van der Waals surface area contributed by atoms with Crippen LogP contribution in [0.2, 0.25) is 0 Å². The standard InChI is InChI=1S/C16H24N5O5P2.C11H19O4.K/c22-27(23)10-28(24)25-8-12-5-6-14(26-12)21-16-13(7-19-21)15(17-9-18-16)20-11-3-1-2-4-11;1-3-5-13-8-9-15-11-10-14-7-6-12-4-2;/h7,11-12,14,22-24H,1-6,8,10H2,(H,17,18,20);1H,2,4-11H2;/q2*-1;+1. The molecule has 1 aliphatic carbocycles. The van der Waals surface area contributed by atoms with E-state index in [-0.39, 0.29) is 76.2 Å². The third-order valence-electron chi connectivity index (χ3n) is 6.50. The number of hydrogen-bond donors (Lipinski definition) is 4. The molecule has 44 heavy (non-hydrogen) atoms. The van der Waals surface area contributed by atoms with Gasteiger partial charge in [-0.25, -0.2) is 0 Å². The molecule has 1 aliphatic heterocycles. The van der Waals surface area contributed by atoms with E-state index in [1.54, 1.807) is 10.9 Å². The molecule has 3 atom stereocenters. The molecule has 0 spiro atoms. The Morgan fingerprint density at radius 3 is 2.36 bits per heavy atom. The maximum atomic E-state index is 9.66. The fourth-order valence-corrected chi connectivity index (χ4v) is 6.03. The van der Waals surface area contributed by atoms with E-state index in [0.717, 1.165) is 36.9 Å². The average molecular weight is 683 g/mol. The number of fused-ring (bicyclic) bond motifs is 1. The van der Waals surface area contributed by atoms with Crippen LogP contribution in [0, 0.1) is 25.6 Å². The molecule has 3 unspecified atom stereocenters. The van der Waals surface area contributed by atoms with Crippen molar-refractivity contribution in [1.82, 2.24) is 19.7 Å². The van der Waals surface area contributed by atoms with Crippen molar-refractivity contribution in [3.63, 3.8) is 0 Å². The number of terminal acetylenes is 1. The van der Waals surface area contributed by atoms with Crippen LogP contribution in [0.3, 0.4) is 0 Å². The molecule has 0 radical (unpaired) electrons. The smallest absolute Gasteiger partial charge is 0.419 e. The molecule has 0 bridgehead atoms. The summed E-state index contributed by atoms with van der Waals surface area (Å²) in [5.41, 5.74) is 0.678. The Labute approximate surface area is 304 Å². The number of hydrogen-bond acceptors (Lipinski definition) is 13. The summed E-state index contributed by atoms with van der Waals surface area (Å²) in [6, 6.07) is 0.436. The third kappa shape index (κ3) is 15.3. The number of rotatable bonds is 19. The van der Waals surface area contributed by atoms with Gasteiger partial charge in [-0.1, -0.05) is 25.4 Å². The number of nitrogens with zero attached hydrogens (tertiary/aromatic N) is 4. The summed E-state index contributed by atoms with van der Waals surface area (Å²) >= 11 is 0. The van der Waals surface area contributed by atoms with Gasteiger partial charge in [0, 0.05) is 24.4 Å². The molecule has 4 rings (SSSR count). The van der Waals surface area contributed by atoms with Crippen molar-refractivity contribution in [2.24, 2.45) is 0 Å². The van der Waals surface area contributed by atoms with Crippen molar-refractivity contribution < 1.29 is 94.3 Å². The van der Waals surface area contributed by atoms with Crippen molar-refractivity contribution in [1.29, 1.82) is 0 Å². The molecule has 242 valence electrons. The molecule has 1 saturated heterocycles. The number of nitrogens with one attached hydrogen (secondary N) is 1. The molecule has 4 N–H and O–H groups in total. The first-order valence-corrected chi connectivity index (χ1v) is 17.2. The van der Waals surface area contributed by atoms with Gasteiger partial charge in [0.1, 0.15) is 12.8 Å².